The van der Waals surface area contributed by atoms with Crippen LogP contribution in [0.25, 0.3) is 0 Å². The first-order valence-electron chi connectivity index (χ1n) is 6.14. The molecule has 0 bridgehead atoms. The third-order valence-electron chi connectivity index (χ3n) is 3.63. The van der Waals surface area contributed by atoms with Gasteiger partial charge in [0.25, 0.3) is 0 Å². The molecule has 0 N–H and O–H groups in total. The van der Waals surface area contributed by atoms with Gasteiger partial charge in [-0.2, -0.15) is 0 Å². The highest BCUT2D eigenvalue weighted by molar-refractivity contribution is 5.40. The molecule has 1 aliphatic rings. The summed E-state index contributed by atoms with van der Waals surface area (Å²) in [4.78, 5) is 6.91. The highest BCUT2D eigenvalue weighted by Gasteiger charge is 2.32. The largest absolute Gasteiger partial charge is 0.356 e. The molecule has 0 saturated carbocycles. The van der Waals surface area contributed by atoms with Gasteiger partial charge in [-0.05, 0) is 36.3 Å². The Morgan fingerprint density at radius 2 is 2.06 bits per heavy atom. The SMILES string of the molecule is Cc1ccc(N2CCC(C(C)(C)C)C2)nc1. The Balaban J connectivity index is 2.06. The lowest BCUT2D eigenvalue weighted by atomic mass is 9.80. The molecule has 1 aromatic rings. The van der Waals surface area contributed by atoms with Gasteiger partial charge in [0.1, 0.15) is 5.82 Å². The van der Waals surface area contributed by atoms with Crippen LogP contribution in [0, 0.1) is 18.3 Å². The molecule has 88 valence electrons. The second kappa shape index (κ2) is 4.08. The highest BCUT2D eigenvalue weighted by atomic mass is 15.2. The van der Waals surface area contributed by atoms with Gasteiger partial charge >= 0.3 is 0 Å². The summed E-state index contributed by atoms with van der Waals surface area (Å²) in [7, 11) is 0. The number of rotatable bonds is 1. The maximum atomic E-state index is 4.50. The molecule has 0 aromatic carbocycles. The zero-order chi connectivity index (χ0) is 11.8. The number of hydrogen-bond acceptors (Lipinski definition) is 2. The van der Waals surface area contributed by atoms with Crippen LogP contribution in [0.15, 0.2) is 18.3 Å². The van der Waals surface area contributed by atoms with Crippen LogP contribution in [0.1, 0.15) is 32.8 Å². The van der Waals surface area contributed by atoms with Crippen LogP contribution in [0.3, 0.4) is 0 Å². The summed E-state index contributed by atoms with van der Waals surface area (Å²) < 4.78 is 0. The third-order valence-corrected chi connectivity index (χ3v) is 3.63. The lowest BCUT2D eigenvalue weighted by Gasteiger charge is -2.27. The fourth-order valence-corrected chi connectivity index (χ4v) is 2.32. The van der Waals surface area contributed by atoms with E-state index in [9.17, 15) is 0 Å². The normalized spacial score (nSPS) is 21.5. The number of hydrogen-bond donors (Lipinski definition) is 0. The van der Waals surface area contributed by atoms with Gasteiger partial charge in [0.05, 0.1) is 0 Å². The van der Waals surface area contributed by atoms with Crippen molar-refractivity contribution >= 4 is 5.82 Å². The van der Waals surface area contributed by atoms with Gasteiger partial charge in [-0.1, -0.05) is 26.8 Å². The standard InChI is InChI=1S/C14H22N2/c1-11-5-6-13(15-9-11)16-8-7-12(10-16)14(2,3)4/h5-6,9,12H,7-8,10H2,1-4H3. The molecule has 2 nitrogen and oxygen atoms in total. The minimum atomic E-state index is 0.416. The van der Waals surface area contributed by atoms with Crippen LogP contribution < -0.4 is 4.90 Å². The molecule has 2 heteroatoms. The Morgan fingerprint density at radius 1 is 1.31 bits per heavy atom. The Kier molecular flexibility index (Phi) is 2.92. The molecule has 1 atom stereocenters. The Bertz CT molecular complexity index is 348. The van der Waals surface area contributed by atoms with Crippen molar-refractivity contribution in [2.45, 2.75) is 34.1 Å². The Morgan fingerprint density at radius 3 is 2.56 bits per heavy atom. The van der Waals surface area contributed by atoms with E-state index >= 15 is 0 Å². The highest BCUT2D eigenvalue weighted by Crippen LogP contribution is 2.34. The van der Waals surface area contributed by atoms with Gasteiger partial charge in [0, 0.05) is 19.3 Å². The Labute approximate surface area is 98.7 Å². The quantitative estimate of drug-likeness (QED) is 0.719. The number of nitrogens with zero attached hydrogens (tertiary/aromatic N) is 2. The molecule has 2 rings (SSSR count). The second-order valence-corrected chi connectivity index (χ2v) is 5.99. The lowest BCUT2D eigenvalue weighted by molar-refractivity contribution is 0.263. The third kappa shape index (κ3) is 2.37. The molecule has 1 saturated heterocycles. The first-order chi connectivity index (χ1) is 7.47. The molecule has 0 radical (unpaired) electrons. The zero-order valence-corrected chi connectivity index (χ0v) is 10.8. The van der Waals surface area contributed by atoms with Crippen molar-refractivity contribution in [3.63, 3.8) is 0 Å². The zero-order valence-electron chi connectivity index (χ0n) is 10.8. The molecule has 0 aliphatic carbocycles. The second-order valence-electron chi connectivity index (χ2n) is 5.99. The topological polar surface area (TPSA) is 16.1 Å². The molecule has 0 spiro atoms. The van der Waals surface area contributed by atoms with Crippen molar-refractivity contribution in [3.8, 4) is 0 Å². The van der Waals surface area contributed by atoms with Crippen LogP contribution in [-0.2, 0) is 0 Å². The minimum Gasteiger partial charge on any atom is -0.356 e. The van der Waals surface area contributed by atoms with Crippen molar-refractivity contribution in [1.29, 1.82) is 0 Å². The average molecular weight is 218 g/mol. The van der Waals surface area contributed by atoms with E-state index in [1.54, 1.807) is 0 Å². The van der Waals surface area contributed by atoms with Crippen molar-refractivity contribution < 1.29 is 0 Å². The van der Waals surface area contributed by atoms with Crippen molar-refractivity contribution in [3.05, 3.63) is 23.9 Å². The van der Waals surface area contributed by atoms with Crippen molar-refractivity contribution in [2.24, 2.45) is 11.3 Å². The first-order valence-corrected chi connectivity index (χ1v) is 6.14. The van der Waals surface area contributed by atoms with E-state index in [0.29, 0.717) is 5.41 Å². The molecule has 0 amide bonds. The van der Waals surface area contributed by atoms with Crippen LogP contribution in [-0.4, -0.2) is 18.1 Å². The average Bonchev–Trinajstić information content (AvgIpc) is 2.67. The molecule has 1 fully saturated rings. The predicted molar refractivity (Wildman–Crippen MR) is 68.7 cm³/mol. The van der Waals surface area contributed by atoms with Crippen LogP contribution in [0.2, 0.25) is 0 Å². The molecular formula is C14H22N2. The smallest absolute Gasteiger partial charge is 0.128 e. The monoisotopic (exact) mass is 218 g/mol. The fourth-order valence-electron chi connectivity index (χ4n) is 2.32. The number of aromatic nitrogens is 1. The molecule has 2 heterocycles. The first kappa shape index (κ1) is 11.4. The fraction of sp³-hybridized carbons (Fsp3) is 0.643. The van der Waals surface area contributed by atoms with E-state index < -0.39 is 0 Å². The van der Waals surface area contributed by atoms with Crippen LogP contribution in [0.5, 0.6) is 0 Å². The number of pyridine rings is 1. The number of aryl methyl sites for hydroxylation is 1. The van der Waals surface area contributed by atoms with Gasteiger partial charge < -0.3 is 4.90 Å². The van der Waals surface area contributed by atoms with Gasteiger partial charge in [-0.25, -0.2) is 4.98 Å². The van der Waals surface area contributed by atoms with E-state index in [1.165, 1.54) is 12.0 Å². The maximum absolute atomic E-state index is 4.50. The summed E-state index contributed by atoms with van der Waals surface area (Å²) in [5.74, 6) is 1.92. The van der Waals surface area contributed by atoms with Gasteiger partial charge in [0.2, 0.25) is 0 Å². The summed E-state index contributed by atoms with van der Waals surface area (Å²) in [5.41, 5.74) is 1.65. The maximum Gasteiger partial charge on any atom is 0.128 e. The molecule has 1 aliphatic heterocycles. The van der Waals surface area contributed by atoms with Crippen molar-refractivity contribution in [1.82, 2.24) is 4.98 Å². The Hall–Kier alpha value is -1.05. The van der Waals surface area contributed by atoms with Crippen molar-refractivity contribution in [2.75, 3.05) is 18.0 Å². The number of anilines is 1. The van der Waals surface area contributed by atoms with E-state index in [2.05, 4.69) is 49.7 Å². The molecule has 1 unspecified atom stereocenters. The molecule has 1 aromatic heterocycles. The lowest BCUT2D eigenvalue weighted by Crippen LogP contribution is -2.26. The van der Waals surface area contributed by atoms with Gasteiger partial charge in [-0.3, -0.25) is 0 Å². The van der Waals surface area contributed by atoms with Crippen LogP contribution in [0.4, 0.5) is 5.82 Å². The summed E-state index contributed by atoms with van der Waals surface area (Å²) in [6.07, 6.45) is 3.25. The molecule has 16 heavy (non-hydrogen) atoms. The van der Waals surface area contributed by atoms with E-state index in [-0.39, 0.29) is 0 Å². The summed E-state index contributed by atoms with van der Waals surface area (Å²) in [5, 5.41) is 0. The molecular weight excluding hydrogens is 196 g/mol. The predicted octanol–water partition coefficient (Wildman–Crippen LogP) is 3.26. The summed E-state index contributed by atoms with van der Waals surface area (Å²) in [6.45, 7) is 11.4. The van der Waals surface area contributed by atoms with Gasteiger partial charge in [0.15, 0.2) is 0 Å². The minimum absolute atomic E-state index is 0.416. The summed E-state index contributed by atoms with van der Waals surface area (Å²) in [6, 6.07) is 4.28. The van der Waals surface area contributed by atoms with Crippen LogP contribution >= 0.6 is 0 Å². The summed E-state index contributed by atoms with van der Waals surface area (Å²) >= 11 is 0. The van der Waals surface area contributed by atoms with E-state index in [4.69, 9.17) is 0 Å². The van der Waals surface area contributed by atoms with E-state index in [0.717, 1.165) is 24.8 Å². The van der Waals surface area contributed by atoms with Gasteiger partial charge in [-0.15, -0.1) is 0 Å². The van der Waals surface area contributed by atoms with E-state index in [1.807, 2.05) is 6.20 Å².